The summed E-state index contributed by atoms with van der Waals surface area (Å²) in [5.41, 5.74) is 0. The van der Waals surface area contributed by atoms with Gasteiger partial charge in [0.15, 0.2) is 5.82 Å². The molecular weight excluding hydrogens is 182 g/mol. The minimum absolute atomic E-state index is 0.645. The summed E-state index contributed by atoms with van der Waals surface area (Å²) in [4.78, 5) is 1.47. The first-order chi connectivity index (χ1) is 6.84. The molecule has 1 aliphatic heterocycles. The molecule has 1 saturated heterocycles. The van der Waals surface area contributed by atoms with Crippen molar-refractivity contribution in [1.29, 1.82) is 0 Å². The van der Waals surface area contributed by atoms with Gasteiger partial charge in [0.1, 0.15) is 0 Å². The number of nitrogens with zero attached hydrogens (tertiary/aromatic N) is 4. The first-order valence-electron chi connectivity index (χ1n) is 4.86. The van der Waals surface area contributed by atoms with Crippen LogP contribution in [0.3, 0.4) is 0 Å². The van der Waals surface area contributed by atoms with Crippen LogP contribution in [0.5, 0.6) is 0 Å². The van der Waals surface area contributed by atoms with Gasteiger partial charge in [0.2, 0.25) is 0 Å². The maximum absolute atomic E-state index is 5.28. The molecule has 1 aliphatic rings. The highest BCUT2D eigenvalue weighted by molar-refractivity contribution is 4.76. The Morgan fingerprint density at radius 1 is 1.64 bits per heavy atom. The van der Waals surface area contributed by atoms with Crippen LogP contribution in [0.15, 0.2) is 0 Å². The average Bonchev–Trinajstić information content (AvgIpc) is 2.77. The summed E-state index contributed by atoms with van der Waals surface area (Å²) in [6.07, 6.45) is 1.15. The Morgan fingerprint density at radius 3 is 3.21 bits per heavy atom. The number of ether oxygens (including phenoxy) is 1. The fraction of sp³-hybridized carbons (Fsp3) is 0.875. The van der Waals surface area contributed by atoms with Gasteiger partial charge in [0.05, 0.1) is 20.2 Å². The van der Waals surface area contributed by atoms with Crippen LogP contribution in [0.1, 0.15) is 12.2 Å². The van der Waals surface area contributed by atoms with Crippen LogP contribution in [0.2, 0.25) is 0 Å². The van der Waals surface area contributed by atoms with Gasteiger partial charge in [0, 0.05) is 13.2 Å². The van der Waals surface area contributed by atoms with Gasteiger partial charge in [-0.2, -0.15) is 4.80 Å². The molecule has 1 aromatic rings. The van der Waals surface area contributed by atoms with Gasteiger partial charge in [-0.3, -0.25) is 0 Å². The molecule has 0 amide bonds. The molecule has 0 aliphatic carbocycles. The van der Waals surface area contributed by atoms with Crippen molar-refractivity contribution in [3.63, 3.8) is 0 Å². The molecule has 1 fully saturated rings. The molecule has 6 nitrogen and oxygen atoms in total. The summed E-state index contributed by atoms with van der Waals surface area (Å²) >= 11 is 0. The third-order valence-electron chi connectivity index (χ3n) is 2.29. The summed E-state index contributed by atoms with van der Waals surface area (Å²) in [6.45, 7) is 3.43. The van der Waals surface area contributed by atoms with Gasteiger partial charge in [-0.15, -0.1) is 10.2 Å². The Labute approximate surface area is 82.6 Å². The molecule has 2 heterocycles. The van der Waals surface area contributed by atoms with Gasteiger partial charge in [-0.05, 0) is 17.6 Å². The molecule has 2 rings (SSSR count). The second-order valence-corrected chi connectivity index (χ2v) is 3.56. The number of rotatable bonds is 4. The minimum atomic E-state index is 0.645. The highest BCUT2D eigenvalue weighted by atomic mass is 16.5. The zero-order valence-corrected chi connectivity index (χ0v) is 8.31. The van der Waals surface area contributed by atoms with Crippen molar-refractivity contribution in [3.05, 3.63) is 5.82 Å². The number of hydrogen-bond donors (Lipinski definition) is 1. The van der Waals surface area contributed by atoms with Crippen molar-refractivity contribution in [2.45, 2.75) is 13.0 Å². The lowest BCUT2D eigenvalue weighted by atomic mass is 10.1. The van der Waals surface area contributed by atoms with E-state index in [0.29, 0.717) is 12.5 Å². The lowest BCUT2D eigenvalue weighted by Gasteiger charge is -2.06. The molecule has 0 bridgehead atoms. The van der Waals surface area contributed by atoms with Crippen molar-refractivity contribution < 1.29 is 4.74 Å². The third kappa shape index (κ3) is 2.49. The SMILES string of the molecule is Cn1nnc(CNCC2CCOC2)n1. The third-order valence-corrected chi connectivity index (χ3v) is 2.29. The van der Waals surface area contributed by atoms with Crippen molar-refractivity contribution in [2.24, 2.45) is 13.0 Å². The molecular formula is C8H15N5O. The van der Waals surface area contributed by atoms with E-state index < -0.39 is 0 Å². The van der Waals surface area contributed by atoms with E-state index in [2.05, 4.69) is 20.7 Å². The highest BCUT2D eigenvalue weighted by Gasteiger charge is 2.14. The Kier molecular flexibility index (Phi) is 3.05. The Morgan fingerprint density at radius 2 is 2.57 bits per heavy atom. The molecule has 0 spiro atoms. The number of aromatic nitrogens is 4. The maximum Gasteiger partial charge on any atom is 0.188 e. The summed E-state index contributed by atoms with van der Waals surface area (Å²) in [6, 6.07) is 0. The molecule has 1 aromatic heterocycles. The second-order valence-electron chi connectivity index (χ2n) is 3.56. The van der Waals surface area contributed by atoms with E-state index in [1.165, 1.54) is 4.80 Å². The first kappa shape index (κ1) is 9.54. The number of hydrogen-bond acceptors (Lipinski definition) is 5. The fourth-order valence-electron chi connectivity index (χ4n) is 1.53. The molecule has 0 saturated carbocycles. The largest absolute Gasteiger partial charge is 0.381 e. The standard InChI is InChI=1S/C8H15N5O/c1-13-11-8(10-12-13)5-9-4-7-2-3-14-6-7/h7,9H,2-6H2,1H3. The van der Waals surface area contributed by atoms with E-state index in [-0.39, 0.29) is 0 Å². The fourth-order valence-corrected chi connectivity index (χ4v) is 1.53. The van der Waals surface area contributed by atoms with Crippen LogP contribution in [-0.2, 0) is 18.3 Å². The Bertz CT molecular complexity index is 281. The van der Waals surface area contributed by atoms with Crippen molar-refractivity contribution >= 4 is 0 Å². The van der Waals surface area contributed by atoms with Crippen LogP contribution in [-0.4, -0.2) is 40.0 Å². The average molecular weight is 197 g/mol. The summed E-state index contributed by atoms with van der Waals surface area (Å²) < 4.78 is 5.28. The van der Waals surface area contributed by atoms with Gasteiger partial charge < -0.3 is 10.1 Å². The number of tetrazole rings is 1. The second kappa shape index (κ2) is 4.47. The minimum Gasteiger partial charge on any atom is -0.381 e. The van der Waals surface area contributed by atoms with Gasteiger partial charge >= 0.3 is 0 Å². The predicted octanol–water partition coefficient (Wildman–Crippen LogP) is -0.664. The number of nitrogens with one attached hydrogen (secondary N) is 1. The molecule has 1 unspecified atom stereocenters. The lowest BCUT2D eigenvalue weighted by Crippen LogP contribution is -2.23. The molecule has 1 atom stereocenters. The highest BCUT2D eigenvalue weighted by Crippen LogP contribution is 2.10. The van der Waals surface area contributed by atoms with Gasteiger partial charge in [0.25, 0.3) is 0 Å². The summed E-state index contributed by atoms with van der Waals surface area (Å²) in [7, 11) is 1.77. The molecule has 6 heteroatoms. The van der Waals surface area contributed by atoms with Gasteiger partial charge in [-0.25, -0.2) is 0 Å². The number of aryl methyl sites for hydroxylation is 1. The Balaban J connectivity index is 1.67. The van der Waals surface area contributed by atoms with E-state index >= 15 is 0 Å². The van der Waals surface area contributed by atoms with Crippen LogP contribution in [0.4, 0.5) is 0 Å². The van der Waals surface area contributed by atoms with Crippen molar-refractivity contribution in [1.82, 2.24) is 25.5 Å². The molecule has 78 valence electrons. The smallest absolute Gasteiger partial charge is 0.188 e. The normalized spacial score (nSPS) is 21.6. The van der Waals surface area contributed by atoms with E-state index in [1.807, 2.05) is 0 Å². The van der Waals surface area contributed by atoms with Crippen molar-refractivity contribution in [2.75, 3.05) is 19.8 Å². The summed E-state index contributed by atoms with van der Waals surface area (Å²) in [5, 5.41) is 15.0. The molecule has 0 radical (unpaired) electrons. The molecule has 0 aromatic carbocycles. The zero-order valence-electron chi connectivity index (χ0n) is 8.31. The van der Waals surface area contributed by atoms with Crippen LogP contribution in [0, 0.1) is 5.92 Å². The first-order valence-corrected chi connectivity index (χ1v) is 4.86. The van der Waals surface area contributed by atoms with E-state index in [9.17, 15) is 0 Å². The predicted molar refractivity (Wildman–Crippen MR) is 49.4 cm³/mol. The van der Waals surface area contributed by atoms with E-state index in [4.69, 9.17) is 4.74 Å². The molecule has 14 heavy (non-hydrogen) atoms. The molecule has 1 N–H and O–H groups in total. The van der Waals surface area contributed by atoms with Crippen LogP contribution < -0.4 is 5.32 Å². The zero-order chi connectivity index (χ0) is 9.80. The summed E-state index contributed by atoms with van der Waals surface area (Å²) in [5.74, 6) is 1.39. The quantitative estimate of drug-likeness (QED) is 0.694. The van der Waals surface area contributed by atoms with E-state index in [1.54, 1.807) is 7.05 Å². The van der Waals surface area contributed by atoms with Crippen LogP contribution >= 0.6 is 0 Å². The van der Waals surface area contributed by atoms with Crippen molar-refractivity contribution in [3.8, 4) is 0 Å². The van der Waals surface area contributed by atoms with E-state index in [0.717, 1.165) is 32.0 Å². The van der Waals surface area contributed by atoms with Crippen LogP contribution in [0.25, 0.3) is 0 Å². The monoisotopic (exact) mass is 197 g/mol. The Hall–Kier alpha value is -1.01. The maximum atomic E-state index is 5.28. The topological polar surface area (TPSA) is 64.9 Å². The van der Waals surface area contributed by atoms with Gasteiger partial charge in [-0.1, -0.05) is 0 Å². The lowest BCUT2D eigenvalue weighted by molar-refractivity contribution is 0.185.